The minimum absolute atomic E-state index is 0.401. The maximum absolute atomic E-state index is 5.75. The van der Waals surface area contributed by atoms with Gasteiger partial charge in [0.15, 0.2) is 0 Å². The molecular formula is C16H29ClN2. The van der Waals surface area contributed by atoms with Gasteiger partial charge >= 0.3 is 0 Å². The van der Waals surface area contributed by atoms with Gasteiger partial charge in [0.05, 0.1) is 0 Å². The molecule has 1 N–H and O–H groups in total. The second-order valence-corrected chi connectivity index (χ2v) is 6.68. The minimum atomic E-state index is 0.401. The largest absolute Gasteiger partial charge is 0.311 e. The average molecular weight is 285 g/mol. The summed E-state index contributed by atoms with van der Waals surface area (Å²) in [5, 5.41) is 3.84. The van der Waals surface area contributed by atoms with Crippen molar-refractivity contribution < 1.29 is 0 Å². The van der Waals surface area contributed by atoms with Crippen LogP contribution in [-0.2, 0) is 0 Å². The van der Waals surface area contributed by atoms with E-state index >= 15 is 0 Å². The van der Waals surface area contributed by atoms with E-state index < -0.39 is 0 Å². The van der Waals surface area contributed by atoms with E-state index in [-0.39, 0.29) is 0 Å². The highest BCUT2D eigenvalue weighted by Gasteiger charge is 2.42. The van der Waals surface area contributed by atoms with Crippen LogP contribution in [0.25, 0.3) is 0 Å². The molecule has 2 atom stereocenters. The fourth-order valence-electron chi connectivity index (χ4n) is 3.73. The van der Waals surface area contributed by atoms with Crippen LogP contribution in [0.15, 0.2) is 11.6 Å². The van der Waals surface area contributed by atoms with Gasteiger partial charge in [-0.1, -0.05) is 57.2 Å². The zero-order chi connectivity index (χ0) is 13.7. The highest BCUT2D eigenvalue weighted by Crippen LogP contribution is 2.36. The highest BCUT2D eigenvalue weighted by molar-refractivity contribution is 6.25. The topological polar surface area (TPSA) is 15.3 Å². The molecule has 0 aromatic rings. The first kappa shape index (κ1) is 15.3. The lowest BCUT2D eigenvalue weighted by Gasteiger charge is -2.52. The molecule has 0 aromatic carbocycles. The second kappa shape index (κ2) is 7.10. The lowest BCUT2D eigenvalue weighted by molar-refractivity contribution is 0.00943. The van der Waals surface area contributed by atoms with E-state index in [0.717, 1.165) is 19.0 Å². The highest BCUT2D eigenvalue weighted by atomic mass is 35.5. The fraction of sp³-hybridized carbons (Fsp3) is 0.875. The molecule has 1 spiro atoms. The van der Waals surface area contributed by atoms with Crippen molar-refractivity contribution in [1.82, 2.24) is 10.2 Å². The van der Waals surface area contributed by atoms with Crippen LogP contribution in [0.2, 0.25) is 0 Å². The maximum atomic E-state index is 5.75. The first-order valence-electron chi connectivity index (χ1n) is 7.95. The Bertz CT molecular complexity index is 297. The molecule has 0 amide bonds. The second-order valence-electron chi connectivity index (χ2n) is 6.42. The Morgan fingerprint density at radius 3 is 2.74 bits per heavy atom. The molecule has 19 heavy (non-hydrogen) atoms. The lowest BCUT2D eigenvalue weighted by atomic mass is 9.77. The summed E-state index contributed by atoms with van der Waals surface area (Å²) >= 11 is 5.75. The zero-order valence-corrected chi connectivity index (χ0v) is 13.3. The molecule has 0 aromatic heterocycles. The van der Waals surface area contributed by atoms with Gasteiger partial charge in [-0.2, -0.15) is 0 Å². The molecule has 1 heterocycles. The van der Waals surface area contributed by atoms with Crippen molar-refractivity contribution in [3.63, 3.8) is 0 Å². The molecule has 2 nitrogen and oxygen atoms in total. The van der Waals surface area contributed by atoms with Crippen LogP contribution in [0.4, 0.5) is 0 Å². The van der Waals surface area contributed by atoms with Gasteiger partial charge in [0, 0.05) is 36.8 Å². The molecule has 0 bridgehead atoms. The van der Waals surface area contributed by atoms with Gasteiger partial charge in [-0.05, 0) is 18.8 Å². The number of piperazine rings is 1. The molecule has 3 heteroatoms. The Hall–Kier alpha value is -0.0500. The zero-order valence-electron chi connectivity index (χ0n) is 12.5. The summed E-state index contributed by atoms with van der Waals surface area (Å²) in [6, 6.07) is 0.640. The number of hydrogen-bond acceptors (Lipinski definition) is 2. The summed E-state index contributed by atoms with van der Waals surface area (Å²) in [4.78, 5) is 2.71. The van der Waals surface area contributed by atoms with Crippen molar-refractivity contribution in [2.45, 2.75) is 64.0 Å². The van der Waals surface area contributed by atoms with Gasteiger partial charge in [0.25, 0.3) is 0 Å². The summed E-state index contributed by atoms with van der Waals surface area (Å²) in [6.45, 7) is 8.01. The molecule has 0 radical (unpaired) electrons. The number of halogens is 1. The molecule has 2 unspecified atom stereocenters. The third kappa shape index (κ3) is 3.53. The molecular weight excluding hydrogens is 256 g/mol. The summed E-state index contributed by atoms with van der Waals surface area (Å²) in [5.74, 6) is 0.753. The Balaban J connectivity index is 2.07. The third-order valence-electron chi connectivity index (χ3n) is 5.31. The van der Waals surface area contributed by atoms with Crippen LogP contribution in [0.5, 0.6) is 0 Å². The summed E-state index contributed by atoms with van der Waals surface area (Å²) in [5.41, 5.74) is 2.08. The van der Waals surface area contributed by atoms with E-state index in [9.17, 15) is 0 Å². The fourth-order valence-corrected chi connectivity index (χ4v) is 3.81. The monoisotopic (exact) mass is 284 g/mol. The summed E-state index contributed by atoms with van der Waals surface area (Å²) < 4.78 is 0. The molecule has 2 fully saturated rings. The van der Waals surface area contributed by atoms with Crippen LogP contribution < -0.4 is 5.32 Å². The lowest BCUT2D eigenvalue weighted by Crippen LogP contribution is -2.66. The normalized spacial score (nSPS) is 29.9. The van der Waals surface area contributed by atoms with Gasteiger partial charge in [-0.15, -0.1) is 0 Å². The van der Waals surface area contributed by atoms with Crippen LogP contribution in [0.1, 0.15) is 52.4 Å². The first-order chi connectivity index (χ1) is 9.22. The average Bonchev–Trinajstić information content (AvgIpc) is 2.46. The van der Waals surface area contributed by atoms with Crippen molar-refractivity contribution in [1.29, 1.82) is 0 Å². The molecule has 2 rings (SSSR count). The Kier molecular flexibility index (Phi) is 5.73. The van der Waals surface area contributed by atoms with Crippen LogP contribution >= 0.6 is 11.6 Å². The minimum Gasteiger partial charge on any atom is -0.311 e. The van der Waals surface area contributed by atoms with Crippen molar-refractivity contribution in [3.05, 3.63) is 11.6 Å². The van der Waals surface area contributed by atoms with E-state index in [1.807, 2.05) is 0 Å². The maximum Gasteiger partial charge on any atom is 0.0338 e. The quantitative estimate of drug-likeness (QED) is 0.846. The van der Waals surface area contributed by atoms with Crippen LogP contribution in [0.3, 0.4) is 0 Å². The van der Waals surface area contributed by atoms with Gasteiger partial charge in [0.2, 0.25) is 0 Å². The van der Waals surface area contributed by atoms with Crippen molar-refractivity contribution >= 4 is 11.6 Å². The molecule has 1 aliphatic carbocycles. The van der Waals surface area contributed by atoms with Gasteiger partial charge in [-0.3, -0.25) is 4.90 Å². The molecule has 1 aliphatic heterocycles. The Labute approximate surface area is 123 Å². The SMILES string of the molecule is CCC(C)C1CN(C/C=C/Cl)C2(CCCCC2)CN1. The number of hydrogen-bond donors (Lipinski definition) is 1. The van der Waals surface area contributed by atoms with Gasteiger partial charge < -0.3 is 5.32 Å². The predicted octanol–water partition coefficient (Wildman–Crippen LogP) is 3.76. The van der Waals surface area contributed by atoms with Crippen LogP contribution in [-0.4, -0.2) is 36.1 Å². The molecule has 2 aliphatic rings. The molecule has 110 valence electrons. The van der Waals surface area contributed by atoms with E-state index in [0.29, 0.717) is 11.6 Å². The van der Waals surface area contributed by atoms with E-state index in [1.54, 1.807) is 5.54 Å². The number of rotatable bonds is 4. The van der Waals surface area contributed by atoms with E-state index in [4.69, 9.17) is 11.6 Å². The van der Waals surface area contributed by atoms with Crippen molar-refractivity contribution in [3.8, 4) is 0 Å². The molecule has 1 saturated heterocycles. The number of nitrogens with one attached hydrogen (secondary N) is 1. The third-order valence-corrected chi connectivity index (χ3v) is 5.49. The Morgan fingerprint density at radius 2 is 2.11 bits per heavy atom. The predicted molar refractivity (Wildman–Crippen MR) is 83.6 cm³/mol. The smallest absolute Gasteiger partial charge is 0.0338 e. The number of nitrogens with zero attached hydrogens (tertiary/aromatic N) is 1. The summed E-state index contributed by atoms with van der Waals surface area (Å²) in [6.07, 6.45) is 10.2. The van der Waals surface area contributed by atoms with Gasteiger partial charge in [-0.25, -0.2) is 0 Å². The Morgan fingerprint density at radius 1 is 1.37 bits per heavy atom. The summed E-state index contributed by atoms with van der Waals surface area (Å²) in [7, 11) is 0. The van der Waals surface area contributed by atoms with Crippen LogP contribution in [0, 0.1) is 5.92 Å². The van der Waals surface area contributed by atoms with E-state index in [2.05, 4.69) is 30.1 Å². The van der Waals surface area contributed by atoms with E-state index in [1.165, 1.54) is 45.1 Å². The first-order valence-corrected chi connectivity index (χ1v) is 8.39. The van der Waals surface area contributed by atoms with Gasteiger partial charge in [0.1, 0.15) is 0 Å². The molecule has 1 saturated carbocycles. The van der Waals surface area contributed by atoms with Crippen molar-refractivity contribution in [2.24, 2.45) is 5.92 Å². The van der Waals surface area contributed by atoms with Crippen molar-refractivity contribution in [2.75, 3.05) is 19.6 Å². The standard InChI is InChI=1S/C16H29ClN2/c1-3-14(2)15-12-19(11-7-10-17)16(13-18-15)8-5-4-6-9-16/h7,10,14-15,18H,3-6,8-9,11-13H2,1-2H3/b10-7+.